The highest BCUT2D eigenvalue weighted by Crippen LogP contribution is 2.52. The van der Waals surface area contributed by atoms with Crippen LogP contribution in [0.15, 0.2) is 170 Å². The lowest BCUT2D eigenvalue weighted by Gasteiger charge is -2.27. The predicted octanol–water partition coefficient (Wildman–Crippen LogP) is 12.4. The van der Waals surface area contributed by atoms with E-state index in [1.54, 1.807) is 50.8 Å². The summed E-state index contributed by atoms with van der Waals surface area (Å²) in [6, 6.07) is 44.4. The zero-order valence-corrected chi connectivity index (χ0v) is 38.6. The van der Waals surface area contributed by atoms with Crippen LogP contribution in [-0.4, -0.2) is 47.1 Å². The fourth-order valence-corrected chi connectivity index (χ4v) is 8.62. The Bertz CT molecular complexity index is 2900. The minimum absolute atomic E-state index is 0.0727. The molecule has 0 N–H and O–H groups in total. The molecule has 0 fully saturated rings. The van der Waals surface area contributed by atoms with Gasteiger partial charge < -0.3 is 23.7 Å². The molecule has 6 aromatic carbocycles. The first kappa shape index (κ1) is 47.0. The van der Waals surface area contributed by atoms with E-state index in [9.17, 15) is 19.2 Å². The monoisotopic (exact) mass is 916 g/mol. The number of aromatic nitrogens is 2. The number of esters is 4. The number of carbonyl (C=O) groups excluding carboxylic acids is 4. The molecule has 69 heavy (non-hydrogen) atoms. The van der Waals surface area contributed by atoms with Gasteiger partial charge in [-0.25, -0.2) is 9.59 Å². The van der Waals surface area contributed by atoms with Crippen LogP contribution >= 0.6 is 0 Å². The first-order chi connectivity index (χ1) is 33.7. The van der Waals surface area contributed by atoms with E-state index in [1.165, 1.54) is 13.8 Å². The molecule has 0 saturated heterocycles. The zero-order valence-electron chi connectivity index (χ0n) is 38.6. The SMILES string of the molecule is CCOC(=O)c1c(-c2ccccc2)c(COCc2c(OC(C)=O)c(-c3cccnc3)c(-c3ccccc3)c(C(=O)OCC)c2-c2ccccc2)c(OC(C)=O)c(-c2cccnc2)c1-c1ccccc1. The summed E-state index contributed by atoms with van der Waals surface area (Å²) in [5.74, 6) is -2.21. The van der Waals surface area contributed by atoms with Crippen molar-refractivity contribution in [3.8, 4) is 78.3 Å². The maximum absolute atomic E-state index is 14.7. The van der Waals surface area contributed by atoms with Crippen LogP contribution in [-0.2, 0) is 37.0 Å². The van der Waals surface area contributed by atoms with Crippen molar-refractivity contribution in [1.82, 2.24) is 9.97 Å². The van der Waals surface area contributed by atoms with Crippen molar-refractivity contribution in [2.75, 3.05) is 13.2 Å². The first-order valence-electron chi connectivity index (χ1n) is 22.5. The number of pyridine rings is 2. The van der Waals surface area contributed by atoms with Crippen molar-refractivity contribution in [3.05, 3.63) is 193 Å². The van der Waals surface area contributed by atoms with Crippen LogP contribution in [0.3, 0.4) is 0 Å². The third-order valence-corrected chi connectivity index (χ3v) is 11.2. The zero-order chi connectivity index (χ0) is 48.3. The highest BCUT2D eigenvalue weighted by atomic mass is 16.5. The van der Waals surface area contributed by atoms with E-state index >= 15 is 0 Å². The highest BCUT2D eigenvalue weighted by molar-refractivity contribution is 6.12. The predicted molar refractivity (Wildman–Crippen MR) is 264 cm³/mol. The van der Waals surface area contributed by atoms with E-state index in [1.807, 2.05) is 133 Å². The van der Waals surface area contributed by atoms with Crippen LogP contribution in [0.2, 0.25) is 0 Å². The second-order valence-electron chi connectivity index (χ2n) is 15.7. The normalized spacial score (nSPS) is 10.8. The molecule has 0 unspecified atom stereocenters. The van der Waals surface area contributed by atoms with Gasteiger partial charge in [0.05, 0.1) is 37.6 Å². The largest absolute Gasteiger partial charge is 0.462 e. The third kappa shape index (κ3) is 10.1. The number of benzene rings is 6. The molecule has 0 bridgehead atoms. The molecule has 2 heterocycles. The average molecular weight is 917 g/mol. The summed E-state index contributed by atoms with van der Waals surface area (Å²) in [5.41, 5.74) is 7.30. The Kier molecular flexibility index (Phi) is 14.9. The van der Waals surface area contributed by atoms with Crippen LogP contribution in [0.1, 0.15) is 59.5 Å². The summed E-state index contributed by atoms with van der Waals surface area (Å²) in [7, 11) is 0. The third-order valence-electron chi connectivity index (χ3n) is 11.2. The van der Waals surface area contributed by atoms with Gasteiger partial charge in [0.2, 0.25) is 0 Å². The molecule has 11 nitrogen and oxygen atoms in total. The second kappa shape index (κ2) is 21.8. The van der Waals surface area contributed by atoms with Gasteiger partial charge in [-0.1, -0.05) is 133 Å². The Hall–Kier alpha value is -8.54. The molecule has 0 aliphatic heterocycles. The minimum atomic E-state index is -0.622. The second-order valence-corrected chi connectivity index (χ2v) is 15.7. The Morgan fingerprint density at radius 2 is 0.725 bits per heavy atom. The fourth-order valence-electron chi connectivity index (χ4n) is 8.62. The molecular weight excluding hydrogens is 869 g/mol. The van der Waals surface area contributed by atoms with E-state index in [-0.39, 0.29) is 49.1 Å². The standard InChI is InChI=1S/C58H48N2O9/c1-5-66-57(63)53-47(39-21-11-7-12-22-39)45(55(68-37(3)61)51(43-29-19-31-59-33-43)49(53)41-25-15-9-16-26-41)35-65-36-46-48(40-23-13-8-14-24-40)54(58(64)67-6-2)50(42-27-17-10-18-28-42)52(56(46)69-38(4)62)44-30-20-32-60-34-44/h7-34H,5-6,35-36H2,1-4H3. The van der Waals surface area contributed by atoms with Gasteiger partial charge in [-0.2, -0.15) is 0 Å². The molecule has 2 aromatic heterocycles. The molecule has 0 saturated carbocycles. The van der Waals surface area contributed by atoms with Gasteiger partial charge in [0.1, 0.15) is 11.5 Å². The lowest BCUT2D eigenvalue weighted by Crippen LogP contribution is -2.17. The molecule has 0 spiro atoms. The van der Waals surface area contributed by atoms with Crippen LogP contribution in [0.4, 0.5) is 0 Å². The van der Waals surface area contributed by atoms with Crippen molar-refractivity contribution in [3.63, 3.8) is 0 Å². The van der Waals surface area contributed by atoms with Crippen LogP contribution < -0.4 is 9.47 Å². The Morgan fingerprint density at radius 3 is 1.01 bits per heavy atom. The first-order valence-corrected chi connectivity index (χ1v) is 22.5. The van der Waals surface area contributed by atoms with Gasteiger partial charge in [-0.05, 0) is 48.2 Å². The van der Waals surface area contributed by atoms with Crippen LogP contribution in [0, 0.1) is 0 Å². The Morgan fingerprint density at radius 1 is 0.406 bits per heavy atom. The van der Waals surface area contributed by atoms with E-state index in [2.05, 4.69) is 9.97 Å². The number of hydrogen-bond donors (Lipinski definition) is 0. The number of carbonyl (C=O) groups is 4. The van der Waals surface area contributed by atoms with E-state index in [0.29, 0.717) is 77.9 Å². The van der Waals surface area contributed by atoms with Gasteiger partial charge in [0.25, 0.3) is 0 Å². The summed E-state index contributed by atoms with van der Waals surface area (Å²) in [5, 5.41) is 0. The number of hydrogen-bond acceptors (Lipinski definition) is 11. The fraction of sp³-hybridized carbons (Fsp3) is 0.138. The lowest BCUT2D eigenvalue weighted by atomic mass is 9.81. The number of rotatable bonds is 16. The van der Waals surface area contributed by atoms with E-state index < -0.39 is 23.9 Å². The summed E-state index contributed by atoms with van der Waals surface area (Å²) in [6.07, 6.45) is 6.53. The van der Waals surface area contributed by atoms with Crippen molar-refractivity contribution in [2.24, 2.45) is 0 Å². The summed E-state index contributed by atoms with van der Waals surface area (Å²) in [4.78, 5) is 65.2. The summed E-state index contributed by atoms with van der Waals surface area (Å²) < 4.78 is 31.3. The molecular formula is C58H48N2O9. The number of ether oxygens (including phenoxy) is 5. The molecule has 0 radical (unpaired) electrons. The van der Waals surface area contributed by atoms with Crippen molar-refractivity contribution < 1.29 is 42.9 Å². The molecule has 0 atom stereocenters. The minimum Gasteiger partial charge on any atom is -0.462 e. The Labute approximate surface area is 400 Å². The molecule has 0 amide bonds. The smallest absolute Gasteiger partial charge is 0.339 e. The molecule has 0 aliphatic carbocycles. The Balaban J connectivity index is 1.47. The summed E-state index contributed by atoms with van der Waals surface area (Å²) >= 11 is 0. The van der Waals surface area contributed by atoms with E-state index in [4.69, 9.17) is 23.7 Å². The van der Waals surface area contributed by atoms with Crippen LogP contribution in [0.5, 0.6) is 11.5 Å². The van der Waals surface area contributed by atoms with Crippen molar-refractivity contribution in [2.45, 2.75) is 40.9 Å². The average Bonchev–Trinajstić information content (AvgIpc) is 3.37. The highest BCUT2D eigenvalue weighted by Gasteiger charge is 2.35. The van der Waals surface area contributed by atoms with Gasteiger partial charge in [-0.3, -0.25) is 19.6 Å². The molecule has 0 aliphatic rings. The van der Waals surface area contributed by atoms with Gasteiger partial charge >= 0.3 is 23.9 Å². The molecule has 344 valence electrons. The van der Waals surface area contributed by atoms with Gasteiger partial charge in [0.15, 0.2) is 0 Å². The van der Waals surface area contributed by atoms with Gasteiger partial charge in [-0.15, -0.1) is 0 Å². The molecule has 8 rings (SSSR count). The lowest BCUT2D eigenvalue weighted by molar-refractivity contribution is -0.132. The molecule has 8 aromatic rings. The van der Waals surface area contributed by atoms with Gasteiger partial charge in [0, 0.05) is 94.3 Å². The number of nitrogens with zero attached hydrogens (tertiary/aromatic N) is 2. The van der Waals surface area contributed by atoms with Crippen LogP contribution in [0.25, 0.3) is 66.8 Å². The summed E-state index contributed by atoms with van der Waals surface area (Å²) in [6.45, 7) is 5.67. The maximum Gasteiger partial charge on any atom is 0.339 e. The van der Waals surface area contributed by atoms with Crippen molar-refractivity contribution in [1.29, 1.82) is 0 Å². The maximum atomic E-state index is 14.7. The topological polar surface area (TPSA) is 140 Å². The van der Waals surface area contributed by atoms with Crippen molar-refractivity contribution >= 4 is 23.9 Å². The van der Waals surface area contributed by atoms with E-state index in [0.717, 1.165) is 0 Å². The molecule has 11 heteroatoms. The quantitative estimate of drug-likeness (QED) is 0.0675.